The summed E-state index contributed by atoms with van der Waals surface area (Å²) in [5.41, 5.74) is 5.95. The van der Waals surface area contributed by atoms with E-state index in [2.05, 4.69) is 24.7 Å². The number of hydrazine groups is 1. The van der Waals surface area contributed by atoms with E-state index in [1.54, 1.807) is 24.3 Å². The molecule has 0 unspecified atom stereocenters. The zero-order valence-corrected chi connectivity index (χ0v) is 39.1. The van der Waals surface area contributed by atoms with Crippen LogP contribution in [0.5, 0.6) is 11.5 Å². The molecule has 6 heteroatoms. The summed E-state index contributed by atoms with van der Waals surface area (Å²) < 4.78 is 11.8. The number of hydrogen-bond donors (Lipinski definition) is 2. The molecule has 0 saturated heterocycles. The second kappa shape index (κ2) is 40.1. The number of rotatable bonds is 42. The number of carbonyl (C=O) groups is 2. The van der Waals surface area contributed by atoms with Crippen molar-refractivity contribution in [2.75, 3.05) is 13.2 Å². The van der Waals surface area contributed by atoms with Crippen molar-refractivity contribution in [3.05, 3.63) is 59.7 Å². The Morgan fingerprint density at radius 2 is 0.517 bits per heavy atom. The van der Waals surface area contributed by atoms with Crippen LogP contribution in [0.3, 0.4) is 0 Å². The first-order chi connectivity index (χ1) is 29.6. The summed E-state index contributed by atoms with van der Waals surface area (Å²) in [5, 5.41) is 0. The lowest BCUT2D eigenvalue weighted by Crippen LogP contribution is -2.41. The lowest BCUT2D eigenvalue weighted by atomic mass is 10.0. The maximum atomic E-state index is 12.6. The topological polar surface area (TPSA) is 76.7 Å². The fourth-order valence-corrected chi connectivity index (χ4v) is 8.05. The molecule has 0 fully saturated rings. The Morgan fingerprint density at radius 1 is 0.317 bits per heavy atom. The fraction of sp³-hybridized carbons (Fsp3) is 0.741. The van der Waals surface area contributed by atoms with Crippen molar-refractivity contribution in [3.63, 3.8) is 0 Å². The molecule has 2 aromatic carbocycles. The van der Waals surface area contributed by atoms with Gasteiger partial charge in [0, 0.05) is 11.1 Å². The molecule has 0 aliphatic heterocycles. The summed E-state index contributed by atoms with van der Waals surface area (Å²) >= 11 is 0. The first kappa shape index (κ1) is 53.1. The standard InChI is InChI=1S/C54H92N2O4/c1-3-5-7-9-11-13-15-17-19-21-23-25-27-29-31-33-35-37-47-59-51-43-39-49(40-44-51)53(57)55-56-54(58)50-41-45-52(46-42-50)60-48-38-36-34-32-30-28-26-24-22-20-18-16-14-12-10-8-6-4-2/h39-46H,3-38,47-48H2,1-2H3,(H,55,57)(H,56,58). The SMILES string of the molecule is CCCCCCCCCCCCCCCCCCCCOc1ccc(C(=O)NNC(=O)c2ccc(OCCCCCCCCCCCCCCCCCCCC)cc2)cc1. The number of carbonyl (C=O) groups excluding carboxylic acids is 2. The van der Waals surface area contributed by atoms with Crippen LogP contribution < -0.4 is 20.3 Å². The van der Waals surface area contributed by atoms with Crippen LogP contribution in [0.4, 0.5) is 0 Å². The number of nitrogens with one attached hydrogen (secondary N) is 2. The monoisotopic (exact) mass is 833 g/mol. The molecule has 6 nitrogen and oxygen atoms in total. The van der Waals surface area contributed by atoms with Crippen molar-refractivity contribution in [3.8, 4) is 11.5 Å². The predicted octanol–water partition coefficient (Wildman–Crippen LogP) is 16.6. The van der Waals surface area contributed by atoms with E-state index in [-0.39, 0.29) is 11.8 Å². The quantitative estimate of drug-likeness (QED) is 0.0516. The van der Waals surface area contributed by atoms with Crippen LogP contribution in [0.25, 0.3) is 0 Å². The molecule has 0 aliphatic carbocycles. The smallest absolute Gasteiger partial charge is 0.269 e. The number of hydrogen-bond acceptors (Lipinski definition) is 4. The van der Waals surface area contributed by atoms with Crippen LogP contribution in [-0.4, -0.2) is 25.0 Å². The lowest BCUT2D eigenvalue weighted by Gasteiger charge is -2.10. The molecule has 0 aliphatic rings. The Kier molecular flexibility index (Phi) is 35.5. The molecule has 2 N–H and O–H groups in total. The Morgan fingerprint density at radius 3 is 0.733 bits per heavy atom. The average Bonchev–Trinajstić information content (AvgIpc) is 3.27. The molecule has 0 heterocycles. The van der Waals surface area contributed by atoms with Gasteiger partial charge in [-0.25, -0.2) is 0 Å². The molecule has 0 saturated carbocycles. The minimum Gasteiger partial charge on any atom is -0.494 e. The summed E-state index contributed by atoms with van der Waals surface area (Å²) in [6.07, 6.45) is 49.1. The molecule has 2 rings (SSSR count). The van der Waals surface area contributed by atoms with Crippen molar-refractivity contribution < 1.29 is 19.1 Å². The first-order valence-corrected chi connectivity index (χ1v) is 25.7. The van der Waals surface area contributed by atoms with Gasteiger partial charge in [0.15, 0.2) is 0 Å². The van der Waals surface area contributed by atoms with E-state index in [1.807, 2.05) is 24.3 Å². The van der Waals surface area contributed by atoms with Gasteiger partial charge in [-0.3, -0.25) is 20.4 Å². The first-order valence-electron chi connectivity index (χ1n) is 25.7. The van der Waals surface area contributed by atoms with Gasteiger partial charge in [-0.1, -0.05) is 232 Å². The van der Waals surface area contributed by atoms with Crippen LogP contribution >= 0.6 is 0 Å². The minimum atomic E-state index is -0.373. The van der Waals surface area contributed by atoms with Gasteiger partial charge in [0.2, 0.25) is 0 Å². The molecule has 2 aromatic rings. The molecular weight excluding hydrogens is 741 g/mol. The van der Waals surface area contributed by atoms with Crippen molar-refractivity contribution in [1.82, 2.24) is 10.9 Å². The van der Waals surface area contributed by atoms with Crippen LogP contribution in [0.15, 0.2) is 48.5 Å². The van der Waals surface area contributed by atoms with Crippen molar-refractivity contribution in [2.45, 2.75) is 245 Å². The highest BCUT2D eigenvalue weighted by Crippen LogP contribution is 2.18. The third kappa shape index (κ3) is 30.9. The van der Waals surface area contributed by atoms with E-state index in [9.17, 15) is 9.59 Å². The van der Waals surface area contributed by atoms with Gasteiger partial charge in [0.25, 0.3) is 11.8 Å². The number of unbranched alkanes of at least 4 members (excludes halogenated alkanes) is 34. The lowest BCUT2D eigenvalue weighted by molar-refractivity contribution is 0.0846. The molecule has 0 aromatic heterocycles. The highest BCUT2D eigenvalue weighted by molar-refractivity contribution is 5.99. The zero-order chi connectivity index (χ0) is 42.8. The second-order valence-electron chi connectivity index (χ2n) is 17.7. The van der Waals surface area contributed by atoms with Crippen molar-refractivity contribution in [1.29, 1.82) is 0 Å². The highest BCUT2D eigenvalue weighted by atomic mass is 16.5. The van der Waals surface area contributed by atoms with Gasteiger partial charge in [-0.05, 0) is 61.4 Å². The summed E-state index contributed by atoms with van der Waals surface area (Å²) in [6, 6.07) is 14.1. The van der Waals surface area contributed by atoms with E-state index in [4.69, 9.17) is 9.47 Å². The third-order valence-corrected chi connectivity index (χ3v) is 12.1. The molecule has 0 spiro atoms. The van der Waals surface area contributed by atoms with Gasteiger partial charge in [-0.2, -0.15) is 0 Å². The Labute approximate surface area is 369 Å². The number of ether oxygens (including phenoxy) is 2. The van der Waals surface area contributed by atoms with E-state index in [1.165, 1.54) is 218 Å². The van der Waals surface area contributed by atoms with Crippen molar-refractivity contribution >= 4 is 11.8 Å². The largest absolute Gasteiger partial charge is 0.494 e. The summed E-state index contributed by atoms with van der Waals surface area (Å²) in [7, 11) is 0. The summed E-state index contributed by atoms with van der Waals surface area (Å²) in [6.45, 7) is 5.94. The number of benzene rings is 2. The van der Waals surface area contributed by atoms with E-state index in [0.29, 0.717) is 24.3 Å². The third-order valence-electron chi connectivity index (χ3n) is 12.1. The van der Waals surface area contributed by atoms with Crippen molar-refractivity contribution in [2.24, 2.45) is 0 Å². The molecule has 2 amide bonds. The molecule has 0 atom stereocenters. The summed E-state index contributed by atoms with van der Waals surface area (Å²) in [4.78, 5) is 25.3. The Hall–Kier alpha value is -3.02. The Balaban J connectivity index is 1.39. The molecular formula is C54H92N2O4. The van der Waals surface area contributed by atoms with Crippen LogP contribution in [0.2, 0.25) is 0 Å². The van der Waals surface area contributed by atoms with Gasteiger partial charge in [0.05, 0.1) is 13.2 Å². The molecule has 0 radical (unpaired) electrons. The van der Waals surface area contributed by atoms with Gasteiger partial charge in [0.1, 0.15) is 11.5 Å². The maximum absolute atomic E-state index is 12.6. The average molecular weight is 833 g/mol. The normalized spacial score (nSPS) is 11.2. The zero-order valence-electron chi connectivity index (χ0n) is 39.1. The van der Waals surface area contributed by atoms with Gasteiger partial charge >= 0.3 is 0 Å². The van der Waals surface area contributed by atoms with E-state index >= 15 is 0 Å². The van der Waals surface area contributed by atoms with Crippen LogP contribution in [0.1, 0.15) is 266 Å². The van der Waals surface area contributed by atoms with Gasteiger partial charge < -0.3 is 9.47 Å². The second-order valence-corrected chi connectivity index (χ2v) is 17.7. The molecule has 342 valence electrons. The predicted molar refractivity (Wildman–Crippen MR) is 256 cm³/mol. The molecule has 60 heavy (non-hydrogen) atoms. The van der Waals surface area contributed by atoms with Gasteiger partial charge in [-0.15, -0.1) is 0 Å². The summed E-state index contributed by atoms with van der Waals surface area (Å²) in [5.74, 6) is 0.764. The minimum absolute atomic E-state index is 0.373. The van der Waals surface area contributed by atoms with Crippen LogP contribution in [0, 0.1) is 0 Å². The van der Waals surface area contributed by atoms with E-state index in [0.717, 1.165) is 24.3 Å². The van der Waals surface area contributed by atoms with Crippen LogP contribution in [-0.2, 0) is 0 Å². The number of amides is 2. The Bertz CT molecular complexity index is 1150. The molecule has 0 bridgehead atoms. The highest BCUT2D eigenvalue weighted by Gasteiger charge is 2.10. The van der Waals surface area contributed by atoms with E-state index < -0.39 is 0 Å². The fourth-order valence-electron chi connectivity index (χ4n) is 8.05. The maximum Gasteiger partial charge on any atom is 0.269 e.